The van der Waals surface area contributed by atoms with Crippen LogP contribution in [0.3, 0.4) is 0 Å². The highest BCUT2D eigenvalue weighted by Gasteiger charge is 2.20. The molecule has 5 rings (SSSR count). The van der Waals surface area contributed by atoms with Gasteiger partial charge in [0.05, 0.1) is 5.69 Å². The number of hydrogen-bond donors (Lipinski definition) is 0. The van der Waals surface area contributed by atoms with Crippen LogP contribution in [0.25, 0.3) is 11.0 Å². The van der Waals surface area contributed by atoms with Gasteiger partial charge in [0.1, 0.15) is 12.4 Å². The molecule has 0 unspecified atom stereocenters. The molecule has 32 heavy (non-hydrogen) atoms. The van der Waals surface area contributed by atoms with Crippen LogP contribution in [0.15, 0.2) is 83.4 Å². The largest absolute Gasteiger partial charge is 0.489 e. The van der Waals surface area contributed by atoms with Crippen molar-refractivity contribution >= 4 is 11.0 Å². The Morgan fingerprint density at radius 2 is 1.59 bits per heavy atom. The number of rotatable bonds is 8. The van der Waals surface area contributed by atoms with Crippen molar-refractivity contribution in [2.75, 3.05) is 13.1 Å². The fourth-order valence-electron chi connectivity index (χ4n) is 4.60. The van der Waals surface area contributed by atoms with Crippen LogP contribution in [0.2, 0.25) is 0 Å². The lowest BCUT2D eigenvalue weighted by atomic mass is 9.91. The maximum absolute atomic E-state index is 5.92. The molecule has 0 aliphatic carbocycles. The van der Waals surface area contributed by atoms with Crippen LogP contribution in [0, 0.1) is 5.92 Å². The third kappa shape index (κ3) is 5.20. The van der Waals surface area contributed by atoms with E-state index in [0.717, 1.165) is 46.9 Å². The number of likely N-dealkylation sites (tertiary alicyclic amines) is 1. The van der Waals surface area contributed by atoms with Gasteiger partial charge in [-0.1, -0.05) is 65.8 Å². The molecule has 1 aromatic heterocycles. The van der Waals surface area contributed by atoms with Crippen molar-refractivity contribution in [1.82, 2.24) is 10.1 Å². The van der Waals surface area contributed by atoms with Gasteiger partial charge in [-0.3, -0.25) is 4.90 Å². The zero-order valence-electron chi connectivity index (χ0n) is 18.5. The zero-order valence-corrected chi connectivity index (χ0v) is 18.5. The normalized spacial score (nSPS) is 15.2. The minimum atomic E-state index is 0.552. The van der Waals surface area contributed by atoms with E-state index in [0.29, 0.717) is 6.61 Å². The Bertz CT molecular complexity index is 1120. The van der Waals surface area contributed by atoms with Gasteiger partial charge in [0.15, 0.2) is 5.58 Å². The highest BCUT2D eigenvalue weighted by molar-refractivity contribution is 5.80. The fraction of sp³-hybridized carbons (Fsp3) is 0.321. The van der Waals surface area contributed by atoms with E-state index in [-0.39, 0.29) is 0 Å². The highest BCUT2D eigenvalue weighted by atomic mass is 16.5. The van der Waals surface area contributed by atoms with Crippen molar-refractivity contribution in [3.63, 3.8) is 0 Å². The molecule has 0 spiro atoms. The molecule has 4 aromatic rings. The summed E-state index contributed by atoms with van der Waals surface area (Å²) in [6.07, 6.45) is 4.67. The average Bonchev–Trinajstić information content (AvgIpc) is 3.26. The summed E-state index contributed by atoms with van der Waals surface area (Å²) < 4.78 is 11.6. The van der Waals surface area contributed by atoms with E-state index in [1.54, 1.807) is 0 Å². The number of aromatic nitrogens is 1. The third-order valence-corrected chi connectivity index (χ3v) is 6.51. The number of benzene rings is 3. The summed E-state index contributed by atoms with van der Waals surface area (Å²) in [5.74, 6) is 1.58. The summed E-state index contributed by atoms with van der Waals surface area (Å²) >= 11 is 0. The summed E-state index contributed by atoms with van der Waals surface area (Å²) in [4.78, 5) is 2.58. The molecule has 3 aromatic carbocycles. The van der Waals surface area contributed by atoms with Crippen LogP contribution in [0.1, 0.15) is 36.1 Å². The van der Waals surface area contributed by atoms with Crippen LogP contribution in [0.4, 0.5) is 0 Å². The zero-order chi connectivity index (χ0) is 21.6. The standard InChI is InChI=1S/C28H30N2O2/c1-3-7-23(8-4-1)20-30-17-15-22(16-18-30)11-14-27-26-13-12-25(19-28(26)32-29-27)31-21-24-9-5-2-6-10-24/h1-10,12-13,19,22H,11,14-18,20-21H2. The molecule has 1 saturated heterocycles. The van der Waals surface area contributed by atoms with Gasteiger partial charge in [-0.2, -0.15) is 0 Å². The molecule has 2 heterocycles. The lowest BCUT2D eigenvalue weighted by molar-refractivity contribution is 0.172. The molecule has 1 aliphatic heterocycles. The Balaban J connectivity index is 1.12. The van der Waals surface area contributed by atoms with Crippen molar-refractivity contribution in [3.8, 4) is 5.75 Å². The van der Waals surface area contributed by atoms with Crippen LogP contribution in [-0.4, -0.2) is 23.1 Å². The quantitative estimate of drug-likeness (QED) is 0.334. The van der Waals surface area contributed by atoms with E-state index in [1.807, 2.05) is 30.3 Å². The summed E-state index contributed by atoms with van der Waals surface area (Å²) in [5, 5.41) is 5.48. The predicted octanol–water partition coefficient (Wildman–Crippen LogP) is 6.25. The molecule has 0 radical (unpaired) electrons. The molecule has 0 N–H and O–H groups in total. The molecule has 4 heteroatoms. The highest BCUT2D eigenvalue weighted by Crippen LogP contribution is 2.28. The average molecular weight is 427 g/mol. The Kier molecular flexibility index (Phi) is 6.50. The van der Waals surface area contributed by atoms with Gasteiger partial charge in [0.2, 0.25) is 0 Å². The number of piperidine rings is 1. The van der Waals surface area contributed by atoms with Crippen LogP contribution in [-0.2, 0) is 19.6 Å². The first-order valence-corrected chi connectivity index (χ1v) is 11.6. The second kappa shape index (κ2) is 10.0. The van der Waals surface area contributed by atoms with Gasteiger partial charge < -0.3 is 9.26 Å². The molecular weight excluding hydrogens is 396 g/mol. The molecule has 1 aliphatic rings. The Morgan fingerprint density at radius 1 is 0.875 bits per heavy atom. The first-order chi connectivity index (χ1) is 15.8. The van der Waals surface area contributed by atoms with E-state index in [1.165, 1.54) is 37.9 Å². The van der Waals surface area contributed by atoms with E-state index < -0.39 is 0 Å². The third-order valence-electron chi connectivity index (χ3n) is 6.51. The monoisotopic (exact) mass is 426 g/mol. The van der Waals surface area contributed by atoms with Gasteiger partial charge in [-0.15, -0.1) is 0 Å². The molecule has 0 atom stereocenters. The molecule has 164 valence electrons. The van der Waals surface area contributed by atoms with Crippen molar-refractivity contribution in [3.05, 3.63) is 95.7 Å². The predicted molar refractivity (Wildman–Crippen MR) is 128 cm³/mol. The second-order valence-electron chi connectivity index (χ2n) is 8.81. The van der Waals surface area contributed by atoms with Gasteiger partial charge in [-0.05, 0) is 68.0 Å². The lowest BCUT2D eigenvalue weighted by Crippen LogP contribution is -2.33. The molecule has 1 fully saturated rings. The van der Waals surface area contributed by atoms with Crippen molar-refractivity contribution in [2.45, 2.75) is 38.8 Å². The molecule has 4 nitrogen and oxygen atoms in total. The van der Waals surface area contributed by atoms with Gasteiger partial charge in [0.25, 0.3) is 0 Å². The van der Waals surface area contributed by atoms with Crippen molar-refractivity contribution < 1.29 is 9.26 Å². The number of hydrogen-bond acceptors (Lipinski definition) is 4. The molecule has 0 bridgehead atoms. The number of fused-ring (bicyclic) bond motifs is 1. The minimum Gasteiger partial charge on any atom is -0.489 e. The Labute approximate surface area is 189 Å². The first kappa shape index (κ1) is 20.8. The summed E-state index contributed by atoms with van der Waals surface area (Å²) in [6, 6.07) is 27.0. The van der Waals surface area contributed by atoms with E-state index in [4.69, 9.17) is 9.26 Å². The van der Waals surface area contributed by atoms with E-state index in [2.05, 4.69) is 58.6 Å². The minimum absolute atomic E-state index is 0.552. The van der Waals surface area contributed by atoms with Crippen LogP contribution < -0.4 is 4.74 Å². The van der Waals surface area contributed by atoms with Crippen molar-refractivity contribution in [2.24, 2.45) is 5.92 Å². The Morgan fingerprint density at radius 3 is 2.34 bits per heavy atom. The summed E-state index contributed by atoms with van der Waals surface area (Å²) in [7, 11) is 0. The fourth-order valence-corrected chi connectivity index (χ4v) is 4.60. The van der Waals surface area contributed by atoms with Crippen LogP contribution >= 0.6 is 0 Å². The SMILES string of the molecule is c1ccc(COc2ccc3c(CCC4CCN(Cc5ccccc5)CC4)noc3c2)cc1. The molecule has 0 amide bonds. The Hall–Kier alpha value is -3.11. The molecular formula is C28H30N2O2. The number of nitrogens with zero attached hydrogens (tertiary/aromatic N) is 2. The van der Waals surface area contributed by atoms with E-state index in [9.17, 15) is 0 Å². The van der Waals surface area contributed by atoms with Gasteiger partial charge >= 0.3 is 0 Å². The number of aryl methyl sites for hydroxylation is 1. The van der Waals surface area contributed by atoms with E-state index >= 15 is 0 Å². The maximum Gasteiger partial charge on any atom is 0.170 e. The van der Waals surface area contributed by atoms with Gasteiger partial charge in [-0.25, -0.2) is 0 Å². The lowest BCUT2D eigenvalue weighted by Gasteiger charge is -2.31. The summed E-state index contributed by atoms with van der Waals surface area (Å²) in [5.41, 5.74) is 4.44. The first-order valence-electron chi connectivity index (χ1n) is 11.6. The second-order valence-corrected chi connectivity index (χ2v) is 8.81. The van der Waals surface area contributed by atoms with Crippen LogP contribution in [0.5, 0.6) is 5.75 Å². The van der Waals surface area contributed by atoms with Crippen molar-refractivity contribution in [1.29, 1.82) is 0 Å². The number of ether oxygens (including phenoxy) is 1. The van der Waals surface area contributed by atoms with Gasteiger partial charge in [0, 0.05) is 18.0 Å². The topological polar surface area (TPSA) is 38.5 Å². The molecule has 0 saturated carbocycles. The maximum atomic E-state index is 5.92. The smallest absolute Gasteiger partial charge is 0.170 e. The summed E-state index contributed by atoms with van der Waals surface area (Å²) in [6.45, 7) is 3.98.